The van der Waals surface area contributed by atoms with E-state index in [4.69, 9.17) is 16.3 Å². The van der Waals surface area contributed by atoms with Crippen LogP contribution in [0.3, 0.4) is 0 Å². The van der Waals surface area contributed by atoms with Crippen LogP contribution < -0.4 is 9.62 Å². The standard InChI is InChI=1S/C21H25ClN2O5S2/c1-4-16(24(31(3,27)28)14-9-7-8-13(22)12-14)19(25)23-20-18(21(26)29-2)15-10-5-6-11-17(15)30-20/h7-9,12,16H,4-6,10-11H2,1-3H3,(H,23,25). The number of hydrogen-bond donors (Lipinski definition) is 1. The van der Waals surface area contributed by atoms with E-state index in [2.05, 4.69) is 5.32 Å². The first-order chi connectivity index (χ1) is 14.7. The van der Waals surface area contributed by atoms with Gasteiger partial charge in [-0.15, -0.1) is 11.3 Å². The van der Waals surface area contributed by atoms with E-state index in [0.717, 1.165) is 46.7 Å². The van der Waals surface area contributed by atoms with Crippen LogP contribution in [0.15, 0.2) is 24.3 Å². The van der Waals surface area contributed by atoms with Gasteiger partial charge in [0.05, 0.1) is 24.6 Å². The van der Waals surface area contributed by atoms with Gasteiger partial charge in [0.25, 0.3) is 0 Å². The van der Waals surface area contributed by atoms with Crippen LogP contribution in [0.25, 0.3) is 0 Å². The van der Waals surface area contributed by atoms with Gasteiger partial charge in [-0.1, -0.05) is 24.6 Å². The molecule has 0 spiro atoms. The number of amides is 1. The number of esters is 1. The summed E-state index contributed by atoms with van der Waals surface area (Å²) in [4.78, 5) is 26.8. The van der Waals surface area contributed by atoms with Crippen molar-refractivity contribution >= 4 is 55.5 Å². The van der Waals surface area contributed by atoms with Crippen LogP contribution in [0.1, 0.15) is 47.0 Å². The Kier molecular flexibility index (Phi) is 7.28. The number of thiophene rings is 1. The molecule has 1 amide bonds. The van der Waals surface area contributed by atoms with E-state index >= 15 is 0 Å². The number of carbonyl (C=O) groups is 2. The van der Waals surface area contributed by atoms with Crippen LogP contribution in [0, 0.1) is 0 Å². The van der Waals surface area contributed by atoms with Crippen molar-refractivity contribution in [2.24, 2.45) is 0 Å². The summed E-state index contributed by atoms with van der Waals surface area (Å²) in [6, 6.07) is 5.33. The van der Waals surface area contributed by atoms with E-state index in [1.165, 1.54) is 24.5 Å². The maximum atomic E-state index is 13.3. The summed E-state index contributed by atoms with van der Waals surface area (Å²) in [5.74, 6) is -1.02. The molecule has 168 valence electrons. The zero-order valence-electron chi connectivity index (χ0n) is 17.6. The molecule has 1 heterocycles. The van der Waals surface area contributed by atoms with Gasteiger partial charge in [0.15, 0.2) is 0 Å². The lowest BCUT2D eigenvalue weighted by Gasteiger charge is -2.30. The normalized spacial score (nSPS) is 14.5. The molecule has 1 aliphatic carbocycles. The number of halogens is 1. The monoisotopic (exact) mass is 484 g/mol. The van der Waals surface area contributed by atoms with E-state index in [0.29, 0.717) is 21.3 Å². The molecular formula is C21H25ClN2O5S2. The first-order valence-electron chi connectivity index (χ1n) is 9.96. The zero-order valence-corrected chi connectivity index (χ0v) is 20.0. The van der Waals surface area contributed by atoms with E-state index in [9.17, 15) is 18.0 Å². The Morgan fingerprint density at radius 1 is 1.29 bits per heavy atom. The van der Waals surface area contributed by atoms with E-state index in [-0.39, 0.29) is 6.42 Å². The number of rotatable bonds is 7. The Hall–Kier alpha value is -2.10. The maximum absolute atomic E-state index is 13.3. The van der Waals surface area contributed by atoms with Crippen molar-refractivity contribution in [2.45, 2.75) is 45.1 Å². The predicted molar refractivity (Wildman–Crippen MR) is 124 cm³/mol. The Morgan fingerprint density at radius 3 is 2.61 bits per heavy atom. The highest BCUT2D eigenvalue weighted by atomic mass is 35.5. The van der Waals surface area contributed by atoms with Crippen molar-refractivity contribution in [2.75, 3.05) is 23.0 Å². The molecule has 0 bridgehead atoms. The van der Waals surface area contributed by atoms with Crippen molar-refractivity contribution < 1.29 is 22.7 Å². The Bertz CT molecular complexity index is 1100. The number of anilines is 2. The molecule has 1 N–H and O–H groups in total. The third-order valence-electron chi connectivity index (χ3n) is 5.19. The average molecular weight is 485 g/mol. The minimum atomic E-state index is -3.79. The SMILES string of the molecule is CCC(C(=O)Nc1sc2c(c1C(=O)OC)CCCC2)N(c1cccc(Cl)c1)S(C)(=O)=O. The topological polar surface area (TPSA) is 92.8 Å². The second kappa shape index (κ2) is 9.58. The fourth-order valence-electron chi connectivity index (χ4n) is 3.84. The maximum Gasteiger partial charge on any atom is 0.341 e. The molecule has 1 aliphatic rings. The highest BCUT2D eigenvalue weighted by Gasteiger charge is 2.34. The number of aryl methyl sites for hydroxylation is 1. The summed E-state index contributed by atoms with van der Waals surface area (Å²) in [5.41, 5.74) is 1.59. The third-order valence-corrected chi connectivity index (χ3v) is 7.81. The molecule has 7 nitrogen and oxygen atoms in total. The van der Waals surface area contributed by atoms with Crippen molar-refractivity contribution in [1.82, 2.24) is 0 Å². The van der Waals surface area contributed by atoms with Gasteiger partial charge in [-0.2, -0.15) is 0 Å². The molecule has 1 unspecified atom stereocenters. The minimum absolute atomic E-state index is 0.226. The van der Waals surface area contributed by atoms with Crippen molar-refractivity contribution in [3.63, 3.8) is 0 Å². The number of nitrogens with one attached hydrogen (secondary N) is 1. The summed E-state index contributed by atoms with van der Waals surface area (Å²) < 4.78 is 31.2. The molecule has 1 atom stereocenters. The van der Waals surface area contributed by atoms with Crippen LogP contribution >= 0.6 is 22.9 Å². The van der Waals surface area contributed by atoms with Crippen LogP contribution in [0.2, 0.25) is 5.02 Å². The lowest BCUT2D eigenvalue weighted by molar-refractivity contribution is -0.117. The number of ether oxygens (including phenoxy) is 1. The summed E-state index contributed by atoms with van der Waals surface area (Å²) in [5, 5.41) is 3.58. The molecule has 3 rings (SSSR count). The molecule has 0 fully saturated rings. The van der Waals surface area contributed by atoms with E-state index < -0.39 is 27.9 Å². The molecule has 10 heteroatoms. The largest absolute Gasteiger partial charge is 0.465 e. The van der Waals surface area contributed by atoms with Gasteiger partial charge in [-0.05, 0) is 55.9 Å². The lowest BCUT2D eigenvalue weighted by atomic mass is 9.95. The predicted octanol–water partition coefficient (Wildman–Crippen LogP) is 4.25. The van der Waals surface area contributed by atoms with Crippen LogP contribution in [0.5, 0.6) is 0 Å². The van der Waals surface area contributed by atoms with Crippen LogP contribution in [-0.2, 0) is 32.4 Å². The molecule has 31 heavy (non-hydrogen) atoms. The number of sulfonamides is 1. The minimum Gasteiger partial charge on any atom is -0.465 e. The number of benzene rings is 1. The highest BCUT2D eigenvalue weighted by molar-refractivity contribution is 7.92. The van der Waals surface area contributed by atoms with Crippen LogP contribution in [-0.4, -0.2) is 39.7 Å². The highest BCUT2D eigenvalue weighted by Crippen LogP contribution is 2.39. The number of fused-ring (bicyclic) bond motifs is 1. The molecule has 0 saturated carbocycles. The molecule has 0 aliphatic heterocycles. The number of hydrogen-bond acceptors (Lipinski definition) is 6. The Morgan fingerprint density at radius 2 is 2.00 bits per heavy atom. The Labute approximate surface area is 191 Å². The van der Waals surface area contributed by atoms with Crippen molar-refractivity contribution in [1.29, 1.82) is 0 Å². The second-order valence-corrected chi connectivity index (χ2v) is 10.8. The first-order valence-corrected chi connectivity index (χ1v) is 13.0. The van der Waals surface area contributed by atoms with Gasteiger partial charge in [0.2, 0.25) is 15.9 Å². The fraction of sp³-hybridized carbons (Fsp3) is 0.429. The number of methoxy groups -OCH3 is 1. The second-order valence-electron chi connectivity index (χ2n) is 7.36. The van der Waals surface area contributed by atoms with Gasteiger partial charge in [-0.25, -0.2) is 13.2 Å². The van der Waals surface area contributed by atoms with Gasteiger partial charge in [0, 0.05) is 9.90 Å². The summed E-state index contributed by atoms with van der Waals surface area (Å²) in [7, 11) is -2.49. The van der Waals surface area contributed by atoms with Gasteiger partial charge in [-0.3, -0.25) is 9.10 Å². The molecule has 1 aromatic carbocycles. The molecule has 1 aromatic heterocycles. The van der Waals surface area contributed by atoms with Crippen LogP contribution in [0.4, 0.5) is 10.7 Å². The first kappa shape index (κ1) is 23.6. The molecular weight excluding hydrogens is 460 g/mol. The quantitative estimate of drug-likeness (QED) is 0.593. The fourth-order valence-corrected chi connectivity index (χ4v) is 6.51. The Balaban J connectivity index is 1.99. The smallest absolute Gasteiger partial charge is 0.341 e. The van der Waals surface area contributed by atoms with Crippen molar-refractivity contribution in [3.8, 4) is 0 Å². The van der Waals surface area contributed by atoms with Gasteiger partial charge in [0.1, 0.15) is 11.0 Å². The molecule has 0 saturated heterocycles. The van der Waals surface area contributed by atoms with E-state index in [1.807, 2.05) is 0 Å². The molecule has 0 radical (unpaired) electrons. The lowest BCUT2D eigenvalue weighted by Crippen LogP contribution is -2.47. The number of nitrogens with zero attached hydrogens (tertiary/aromatic N) is 1. The zero-order chi connectivity index (χ0) is 22.8. The number of carbonyl (C=O) groups excluding carboxylic acids is 2. The van der Waals surface area contributed by atoms with Gasteiger partial charge >= 0.3 is 5.97 Å². The van der Waals surface area contributed by atoms with Crippen molar-refractivity contribution in [3.05, 3.63) is 45.3 Å². The molecule has 2 aromatic rings. The summed E-state index contributed by atoms with van der Waals surface area (Å²) in [6.07, 6.45) is 4.86. The van der Waals surface area contributed by atoms with Gasteiger partial charge < -0.3 is 10.1 Å². The summed E-state index contributed by atoms with van der Waals surface area (Å²) >= 11 is 7.41. The third kappa shape index (κ3) is 5.05. The average Bonchev–Trinajstić information content (AvgIpc) is 3.07. The summed E-state index contributed by atoms with van der Waals surface area (Å²) in [6.45, 7) is 1.73. The van der Waals surface area contributed by atoms with E-state index in [1.54, 1.807) is 25.1 Å².